The highest BCUT2D eigenvalue weighted by atomic mass is 35.5. The normalized spacial score (nSPS) is 11.9. The first-order chi connectivity index (χ1) is 14.6. The zero-order chi connectivity index (χ0) is 22.3. The predicted molar refractivity (Wildman–Crippen MR) is 114 cm³/mol. The molecule has 0 unspecified atom stereocenters. The molecule has 0 aliphatic rings. The summed E-state index contributed by atoms with van der Waals surface area (Å²) in [7, 11) is -3.97. The van der Waals surface area contributed by atoms with Crippen molar-refractivity contribution < 1.29 is 17.2 Å². The maximum absolute atomic E-state index is 13.8. The van der Waals surface area contributed by atoms with Crippen LogP contribution in [-0.4, -0.2) is 23.0 Å². The van der Waals surface area contributed by atoms with Crippen LogP contribution in [0.15, 0.2) is 63.1 Å². The Balaban J connectivity index is 1.66. The quantitative estimate of drug-likeness (QED) is 0.422. The predicted octanol–water partition coefficient (Wildman–Crippen LogP) is 3.56. The summed E-state index contributed by atoms with van der Waals surface area (Å²) in [6, 6.07) is 10.9. The van der Waals surface area contributed by atoms with Crippen molar-refractivity contribution in [3.8, 4) is 11.3 Å². The van der Waals surface area contributed by atoms with E-state index in [4.69, 9.17) is 16.7 Å². The number of hydrogen-bond acceptors (Lipinski definition) is 5. The molecular weight excluding hydrogens is 470 g/mol. The third-order valence-corrected chi connectivity index (χ3v) is 6.80. The second-order valence-electron chi connectivity index (χ2n) is 6.48. The van der Waals surface area contributed by atoms with Gasteiger partial charge in [0.05, 0.1) is 16.4 Å². The number of nitrogens with two attached hydrogens (primary N) is 1. The van der Waals surface area contributed by atoms with Gasteiger partial charge in [0, 0.05) is 28.3 Å². The van der Waals surface area contributed by atoms with Gasteiger partial charge < -0.3 is 0 Å². The number of hydrogen-bond donors (Lipinski definition) is 2. The summed E-state index contributed by atoms with van der Waals surface area (Å²) in [5.41, 5.74) is 1.25. The largest absolute Gasteiger partial charge is 0.289 e. The van der Waals surface area contributed by atoms with Crippen LogP contribution in [0.5, 0.6) is 0 Å². The van der Waals surface area contributed by atoms with E-state index in [2.05, 4.69) is 10.1 Å². The van der Waals surface area contributed by atoms with Gasteiger partial charge in [0.15, 0.2) is 17.3 Å². The Labute approximate surface area is 183 Å². The van der Waals surface area contributed by atoms with E-state index in [-0.39, 0.29) is 20.6 Å². The highest BCUT2D eigenvalue weighted by Gasteiger charge is 2.15. The molecule has 4 rings (SSSR count). The fourth-order valence-electron chi connectivity index (χ4n) is 2.91. The van der Waals surface area contributed by atoms with Crippen LogP contribution in [0, 0.1) is 11.6 Å². The van der Waals surface area contributed by atoms with Crippen LogP contribution in [0.3, 0.4) is 0 Å². The standard InChI is InChI=1S/C19H13ClF2N4O3S2/c20-12-6-10(4-5-16(12)31(23,28)29)14-8-17-24-11(7-18(27)26(17)25-14)9-30-15-3-1-2-13(21)19(15)22/h1-8,25H,9H2,(H2,23,28,29). The van der Waals surface area contributed by atoms with Crippen molar-refractivity contribution in [1.82, 2.24) is 14.6 Å². The van der Waals surface area contributed by atoms with Gasteiger partial charge in [-0.15, -0.1) is 11.8 Å². The second-order valence-corrected chi connectivity index (χ2v) is 9.43. The molecule has 12 heteroatoms. The van der Waals surface area contributed by atoms with E-state index in [0.29, 0.717) is 22.6 Å². The van der Waals surface area contributed by atoms with E-state index in [9.17, 15) is 22.0 Å². The van der Waals surface area contributed by atoms with Gasteiger partial charge in [-0.25, -0.2) is 31.8 Å². The molecule has 0 atom stereocenters. The van der Waals surface area contributed by atoms with Crippen molar-refractivity contribution in [1.29, 1.82) is 0 Å². The summed E-state index contributed by atoms with van der Waals surface area (Å²) >= 11 is 7.04. The Bertz CT molecular complexity index is 1490. The number of H-pyrrole nitrogens is 1. The summed E-state index contributed by atoms with van der Waals surface area (Å²) in [6.45, 7) is 0. The lowest BCUT2D eigenvalue weighted by Crippen LogP contribution is -2.15. The lowest BCUT2D eigenvalue weighted by molar-refractivity contribution is 0.491. The van der Waals surface area contributed by atoms with Gasteiger partial charge in [-0.1, -0.05) is 23.7 Å². The first kappa shape index (κ1) is 21.5. The molecule has 2 heterocycles. The molecule has 0 radical (unpaired) electrons. The van der Waals surface area contributed by atoms with Gasteiger partial charge in [-0.3, -0.25) is 9.89 Å². The highest BCUT2D eigenvalue weighted by molar-refractivity contribution is 7.98. The van der Waals surface area contributed by atoms with Crippen molar-refractivity contribution in [3.63, 3.8) is 0 Å². The Kier molecular flexibility index (Phi) is 5.60. The van der Waals surface area contributed by atoms with Gasteiger partial charge in [0.25, 0.3) is 5.56 Å². The third-order valence-electron chi connectivity index (χ3n) is 4.34. The molecule has 7 nitrogen and oxygen atoms in total. The number of nitrogens with one attached hydrogen (secondary N) is 1. The lowest BCUT2D eigenvalue weighted by atomic mass is 10.1. The molecule has 4 aromatic rings. The van der Waals surface area contributed by atoms with Gasteiger partial charge in [-0.05, 0) is 24.3 Å². The number of fused-ring (bicyclic) bond motifs is 1. The summed E-state index contributed by atoms with van der Waals surface area (Å²) in [6.07, 6.45) is 0. The molecule has 31 heavy (non-hydrogen) atoms. The maximum Gasteiger partial charge on any atom is 0.272 e. The molecule has 0 aliphatic carbocycles. The van der Waals surface area contributed by atoms with E-state index in [1.54, 1.807) is 6.07 Å². The Morgan fingerprint density at radius 2 is 1.94 bits per heavy atom. The average Bonchev–Trinajstić information content (AvgIpc) is 3.13. The van der Waals surface area contributed by atoms with Crippen LogP contribution in [0.2, 0.25) is 5.02 Å². The van der Waals surface area contributed by atoms with Crippen molar-refractivity contribution >= 4 is 39.0 Å². The number of thioether (sulfide) groups is 1. The number of aromatic amines is 1. The minimum atomic E-state index is -3.97. The Hall–Kier alpha value is -2.73. The first-order valence-electron chi connectivity index (χ1n) is 8.65. The Morgan fingerprint density at radius 3 is 2.65 bits per heavy atom. The van der Waals surface area contributed by atoms with Crippen LogP contribution in [0.4, 0.5) is 8.78 Å². The smallest absolute Gasteiger partial charge is 0.272 e. The SMILES string of the molecule is NS(=O)(=O)c1ccc(-c2cc3nc(CSc4cccc(F)c4F)cc(=O)n3[nH]2)cc1Cl. The monoisotopic (exact) mass is 482 g/mol. The van der Waals surface area contributed by atoms with Crippen LogP contribution >= 0.6 is 23.4 Å². The van der Waals surface area contributed by atoms with Gasteiger partial charge in [0.1, 0.15) is 4.90 Å². The molecule has 160 valence electrons. The maximum atomic E-state index is 13.8. The van der Waals surface area contributed by atoms with E-state index >= 15 is 0 Å². The summed E-state index contributed by atoms with van der Waals surface area (Å²) in [5, 5.41) is 7.92. The van der Waals surface area contributed by atoms with E-state index in [1.165, 1.54) is 40.9 Å². The average molecular weight is 483 g/mol. The zero-order valence-electron chi connectivity index (χ0n) is 15.5. The van der Waals surface area contributed by atoms with Crippen molar-refractivity contribution in [2.24, 2.45) is 5.14 Å². The highest BCUT2D eigenvalue weighted by Crippen LogP contribution is 2.28. The molecule has 3 N–H and O–H groups in total. The van der Waals surface area contributed by atoms with Crippen molar-refractivity contribution in [3.05, 3.63) is 81.2 Å². The van der Waals surface area contributed by atoms with Crippen molar-refractivity contribution in [2.45, 2.75) is 15.5 Å². The van der Waals surface area contributed by atoms with Crippen LogP contribution in [0.25, 0.3) is 16.9 Å². The van der Waals surface area contributed by atoms with E-state index < -0.39 is 27.2 Å². The fourth-order valence-corrected chi connectivity index (χ4v) is 4.85. The van der Waals surface area contributed by atoms with Gasteiger partial charge in [0.2, 0.25) is 10.0 Å². The molecule has 0 amide bonds. The molecule has 0 saturated heterocycles. The minimum absolute atomic E-state index is 0.0619. The van der Waals surface area contributed by atoms with Gasteiger partial charge in [-0.2, -0.15) is 0 Å². The van der Waals surface area contributed by atoms with Crippen LogP contribution in [0.1, 0.15) is 5.69 Å². The fraction of sp³-hybridized carbons (Fsp3) is 0.0526. The molecule has 2 aromatic carbocycles. The Morgan fingerprint density at radius 1 is 1.16 bits per heavy atom. The van der Waals surface area contributed by atoms with Crippen LogP contribution in [-0.2, 0) is 15.8 Å². The summed E-state index contributed by atoms with van der Waals surface area (Å²) in [5.74, 6) is -1.74. The van der Waals surface area contributed by atoms with Crippen LogP contribution < -0.4 is 10.7 Å². The minimum Gasteiger partial charge on any atom is -0.289 e. The first-order valence-corrected chi connectivity index (χ1v) is 11.6. The molecule has 0 fully saturated rings. The summed E-state index contributed by atoms with van der Waals surface area (Å²) < 4.78 is 51.4. The summed E-state index contributed by atoms with van der Waals surface area (Å²) in [4.78, 5) is 16.7. The van der Waals surface area contributed by atoms with E-state index in [0.717, 1.165) is 17.8 Å². The lowest BCUT2D eigenvalue weighted by Gasteiger charge is -2.04. The van der Waals surface area contributed by atoms with E-state index in [1.807, 2.05) is 0 Å². The molecular formula is C19H13ClF2N4O3S2. The number of halogens is 3. The number of benzene rings is 2. The number of primary sulfonamides is 1. The second kappa shape index (κ2) is 8.08. The third kappa shape index (κ3) is 4.35. The number of rotatable bonds is 5. The topological polar surface area (TPSA) is 110 Å². The number of nitrogens with zero attached hydrogens (tertiary/aromatic N) is 2. The molecule has 2 aromatic heterocycles. The molecule has 0 bridgehead atoms. The number of sulfonamides is 1. The van der Waals surface area contributed by atoms with Crippen molar-refractivity contribution in [2.75, 3.05) is 0 Å². The zero-order valence-corrected chi connectivity index (χ0v) is 17.9. The molecule has 0 aliphatic heterocycles. The molecule has 0 saturated carbocycles. The molecule has 0 spiro atoms. The number of aromatic nitrogens is 3. The van der Waals surface area contributed by atoms with Gasteiger partial charge >= 0.3 is 0 Å².